The molecule has 6 heteroatoms. The minimum Gasteiger partial charge on any atom is -0.461 e. The first-order valence-electron chi connectivity index (χ1n) is 9.55. The second-order valence-electron chi connectivity index (χ2n) is 6.84. The van der Waals surface area contributed by atoms with E-state index < -0.39 is 11.6 Å². The van der Waals surface area contributed by atoms with Gasteiger partial charge in [0.1, 0.15) is 6.61 Å². The Hall–Kier alpha value is -3.77. The maximum atomic E-state index is 13.0. The van der Waals surface area contributed by atoms with Gasteiger partial charge in [0.15, 0.2) is 0 Å². The molecule has 0 amide bonds. The first-order valence-corrected chi connectivity index (χ1v) is 9.55. The summed E-state index contributed by atoms with van der Waals surface area (Å²) < 4.78 is 6.80. The second-order valence-corrected chi connectivity index (χ2v) is 6.84. The van der Waals surface area contributed by atoms with E-state index in [0.717, 1.165) is 0 Å². The van der Waals surface area contributed by atoms with Crippen LogP contribution in [-0.2, 0) is 21.7 Å². The van der Waals surface area contributed by atoms with E-state index >= 15 is 0 Å². The number of hydrogen-bond donors (Lipinski definition) is 1. The molecular formula is C24H20N2O4. The van der Waals surface area contributed by atoms with Gasteiger partial charge in [-0.3, -0.25) is 9.36 Å². The van der Waals surface area contributed by atoms with Gasteiger partial charge in [0, 0.05) is 0 Å². The molecule has 30 heavy (non-hydrogen) atoms. The van der Waals surface area contributed by atoms with Crippen molar-refractivity contribution in [3.8, 4) is 0 Å². The zero-order chi connectivity index (χ0) is 21.0. The first-order chi connectivity index (χ1) is 14.6. The molecule has 0 bridgehead atoms. The lowest BCUT2D eigenvalue weighted by Gasteiger charge is -2.27. The number of aliphatic hydroxyl groups is 1. The van der Waals surface area contributed by atoms with Crippen molar-refractivity contribution in [1.29, 1.82) is 0 Å². The van der Waals surface area contributed by atoms with E-state index in [1.165, 1.54) is 10.9 Å². The van der Waals surface area contributed by atoms with Crippen LogP contribution in [0.2, 0.25) is 0 Å². The van der Waals surface area contributed by atoms with Gasteiger partial charge in [0.25, 0.3) is 5.56 Å². The highest BCUT2D eigenvalue weighted by Crippen LogP contribution is 2.31. The standard InChI is InChI=1S/C24H20N2O4/c27-22-20-13-7-8-14-21(20)25-17-26(22)15-16-30-23(28)24(29,18-9-3-1-4-10-18)19-11-5-2-6-12-19/h1-14,17,29H,15-16H2. The number of aromatic nitrogens is 2. The summed E-state index contributed by atoms with van der Waals surface area (Å²) in [4.78, 5) is 29.8. The maximum absolute atomic E-state index is 13.0. The molecule has 0 radical (unpaired) electrons. The molecule has 3 aromatic carbocycles. The van der Waals surface area contributed by atoms with Crippen LogP contribution >= 0.6 is 0 Å². The van der Waals surface area contributed by atoms with E-state index in [1.807, 2.05) is 6.07 Å². The third-order valence-electron chi connectivity index (χ3n) is 4.98. The van der Waals surface area contributed by atoms with Crippen molar-refractivity contribution < 1.29 is 14.6 Å². The van der Waals surface area contributed by atoms with Crippen LogP contribution in [0, 0.1) is 0 Å². The highest BCUT2D eigenvalue weighted by atomic mass is 16.5. The Labute approximate surface area is 173 Å². The Bertz CT molecular complexity index is 1180. The maximum Gasteiger partial charge on any atom is 0.347 e. The Morgan fingerprint density at radius 1 is 0.900 bits per heavy atom. The topological polar surface area (TPSA) is 81.4 Å². The fraction of sp³-hybridized carbons (Fsp3) is 0.125. The number of nitrogens with zero attached hydrogens (tertiary/aromatic N) is 2. The number of hydrogen-bond acceptors (Lipinski definition) is 5. The predicted molar refractivity (Wildman–Crippen MR) is 113 cm³/mol. The monoisotopic (exact) mass is 400 g/mol. The summed E-state index contributed by atoms with van der Waals surface area (Å²) in [6, 6.07) is 24.3. The van der Waals surface area contributed by atoms with Crippen LogP contribution in [0.15, 0.2) is 96.1 Å². The number of para-hydroxylation sites is 1. The molecule has 1 heterocycles. The molecule has 6 nitrogen and oxygen atoms in total. The fourth-order valence-corrected chi connectivity index (χ4v) is 3.37. The molecule has 0 aliphatic heterocycles. The van der Waals surface area contributed by atoms with E-state index in [9.17, 15) is 14.7 Å². The Morgan fingerprint density at radius 2 is 1.47 bits per heavy atom. The number of esters is 1. The summed E-state index contributed by atoms with van der Waals surface area (Å²) in [5.74, 6) is -0.804. The van der Waals surface area contributed by atoms with Crippen LogP contribution in [0.1, 0.15) is 11.1 Å². The van der Waals surface area contributed by atoms with Crippen molar-refractivity contribution in [3.05, 3.63) is 113 Å². The number of rotatable bonds is 6. The molecule has 4 rings (SSSR count). The van der Waals surface area contributed by atoms with Crippen LogP contribution in [0.5, 0.6) is 0 Å². The lowest BCUT2D eigenvalue weighted by molar-refractivity contribution is -0.162. The van der Waals surface area contributed by atoms with Gasteiger partial charge in [-0.15, -0.1) is 0 Å². The predicted octanol–water partition coefficient (Wildman–Crippen LogP) is 2.88. The van der Waals surface area contributed by atoms with Gasteiger partial charge in [-0.1, -0.05) is 72.8 Å². The number of ether oxygens (including phenoxy) is 1. The van der Waals surface area contributed by atoms with Gasteiger partial charge in [-0.25, -0.2) is 9.78 Å². The van der Waals surface area contributed by atoms with Crippen LogP contribution in [0.4, 0.5) is 0 Å². The number of carbonyl (C=O) groups excluding carboxylic acids is 1. The third kappa shape index (κ3) is 3.60. The SMILES string of the molecule is O=C(OCCn1cnc2ccccc2c1=O)C(O)(c1ccccc1)c1ccccc1. The van der Waals surface area contributed by atoms with E-state index in [1.54, 1.807) is 78.9 Å². The van der Waals surface area contributed by atoms with E-state index in [-0.39, 0.29) is 18.7 Å². The fourth-order valence-electron chi connectivity index (χ4n) is 3.37. The zero-order valence-electron chi connectivity index (χ0n) is 16.1. The molecule has 4 aromatic rings. The minimum atomic E-state index is -1.95. The molecule has 0 saturated heterocycles. The van der Waals surface area contributed by atoms with Gasteiger partial charge in [-0.05, 0) is 23.3 Å². The Morgan fingerprint density at radius 3 is 2.10 bits per heavy atom. The average molecular weight is 400 g/mol. The molecule has 1 aromatic heterocycles. The third-order valence-corrected chi connectivity index (χ3v) is 4.98. The largest absolute Gasteiger partial charge is 0.461 e. The molecule has 0 atom stereocenters. The molecule has 0 unspecified atom stereocenters. The second kappa shape index (κ2) is 8.31. The average Bonchev–Trinajstić information content (AvgIpc) is 2.81. The van der Waals surface area contributed by atoms with Crippen molar-refractivity contribution in [2.24, 2.45) is 0 Å². The summed E-state index contributed by atoms with van der Waals surface area (Å²) >= 11 is 0. The van der Waals surface area contributed by atoms with Crippen LogP contribution in [0.3, 0.4) is 0 Å². The summed E-state index contributed by atoms with van der Waals surface area (Å²) in [5.41, 5.74) is -0.734. The van der Waals surface area contributed by atoms with Crippen molar-refractivity contribution in [3.63, 3.8) is 0 Å². The molecule has 1 N–H and O–H groups in total. The normalized spacial score (nSPS) is 11.4. The number of benzene rings is 3. The summed E-state index contributed by atoms with van der Waals surface area (Å²) in [5, 5.41) is 11.9. The number of fused-ring (bicyclic) bond motifs is 1. The van der Waals surface area contributed by atoms with Gasteiger partial charge < -0.3 is 9.84 Å². The van der Waals surface area contributed by atoms with Crippen LogP contribution < -0.4 is 5.56 Å². The quantitative estimate of drug-likeness (QED) is 0.504. The van der Waals surface area contributed by atoms with Gasteiger partial charge in [0.2, 0.25) is 5.60 Å². The van der Waals surface area contributed by atoms with E-state index in [4.69, 9.17) is 4.74 Å². The Kier molecular flexibility index (Phi) is 5.41. The van der Waals surface area contributed by atoms with Crippen molar-refractivity contribution in [2.75, 3.05) is 6.61 Å². The van der Waals surface area contributed by atoms with Crippen LogP contribution in [-0.4, -0.2) is 27.2 Å². The van der Waals surface area contributed by atoms with Gasteiger partial charge in [0.05, 0.1) is 23.8 Å². The molecular weight excluding hydrogens is 380 g/mol. The summed E-state index contributed by atoms with van der Waals surface area (Å²) in [7, 11) is 0. The molecule has 150 valence electrons. The van der Waals surface area contributed by atoms with Crippen molar-refractivity contribution in [1.82, 2.24) is 9.55 Å². The zero-order valence-corrected chi connectivity index (χ0v) is 16.1. The molecule has 0 saturated carbocycles. The van der Waals surface area contributed by atoms with Gasteiger partial charge in [-0.2, -0.15) is 0 Å². The highest BCUT2D eigenvalue weighted by Gasteiger charge is 2.41. The number of carbonyl (C=O) groups is 1. The Balaban J connectivity index is 1.56. The molecule has 0 aliphatic carbocycles. The summed E-state index contributed by atoms with van der Waals surface area (Å²) in [6.45, 7) is 0.0444. The highest BCUT2D eigenvalue weighted by molar-refractivity contribution is 5.85. The summed E-state index contributed by atoms with van der Waals surface area (Å²) in [6.07, 6.45) is 1.43. The van der Waals surface area contributed by atoms with Gasteiger partial charge >= 0.3 is 5.97 Å². The lowest BCUT2D eigenvalue weighted by atomic mass is 9.86. The smallest absolute Gasteiger partial charge is 0.347 e. The minimum absolute atomic E-state index is 0.0826. The van der Waals surface area contributed by atoms with E-state index in [0.29, 0.717) is 22.0 Å². The lowest BCUT2D eigenvalue weighted by Crippen LogP contribution is -2.39. The first kappa shape index (κ1) is 19.5. The van der Waals surface area contributed by atoms with Crippen LogP contribution in [0.25, 0.3) is 10.9 Å². The molecule has 0 aliphatic rings. The molecule has 0 spiro atoms. The van der Waals surface area contributed by atoms with Crippen molar-refractivity contribution >= 4 is 16.9 Å². The van der Waals surface area contributed by atoms with E-state index in [2.05, 4.69) is 4.98 Å². The molecule has 0 fully saturated rings. The van der Waals surface area contributed by atoms with Crippen molar-refractivity contribution in [2.45, 2.75) is 12.1 Å².